The van der Waals surface area contributed by atoms with Gasteiger partial charge in [0.1, 0.15) is 30.8 Å². The van der Waals surface area contributed by atoms with E-state index in [9.17, 15) is 13.2 Å². The molecule has 0 fully saturated rings. The van der Waals surface area contributed by atoms with Crippen molar-refractivity contribution >= 4 is 17.2 Å². The Bertz CT molecular complexity index is 1210. The fourth-order valence-electron chi connectivity index (χ4n) is 4.00. The first-order chi connectivity index (χ1) is 15.2. The fraction of sp³-hybridized carbons (Fsp3) is 0.364. The molecule has 0 aliphatic carbocycles. The first-order valence-corrected chi connectivity index (χ1v) is 10.2. The number of ether oxygens (including phenoxy) is 2. The van der Waals surface area contributed by atoms with Crippen LogP contribution < -0.4 is 19.7 Å². The van der Waals surface area contributed by atoms with Gasteiger partial charge in [-0.1, -0.05) is 6.58 Å². The minimum absolute atomic E-state index is 0.0279. The summed E-state index contributed by atoms with van der Waals surface area (Å²) in [5.41, 5.74) is 1.53. The van der Waals surface area contributed by atoms with Crippen molar-refractivity contribution in [1.29, 1.82) is 0 Å². The standard InChI is InChI=1S/C22H22F3N5O2/c1-12-15-7-26-30-9-18-21(27-20(15)30)29(16(10-31-18)19(24)25)8-13-6-14(23)4-5-17(13)32-11-22(2,3)28-12/h4-7,9,16,19,28H,1,8,10-11H2,2-3H3/t16-/m0/s1. The molecule has 1 aromatic carbocycles. The van der Waals surface area contributed by atoms with Crippen LogP contribution in [0.25, 0.3) is 11.3 Å². The second-order valence-corrected chi connectivity index (χ2v) is 8.62. The number of nitrogens with zero attached hydrogens (tertiary/aromatic N) is 4. The molecule has 3 aromatic rings. The molecule has 32 heavy (non-hydrogen) atoms. The van der Waals surface area contributed by atoms with Crippen molar-refractivity contribution in [3.63, 3.8) is 0 Å². The maximum Gasteiger partial charge on any atom is 0.261 e. The van der Waals surface area contributed by atoms with Crippen LogP contribution in [0, 0.1) is 5.82 Å². The van der Waals surface area contributed by atoms with Gasteiger partial charge in [0.25, 0.3) is 6.43 Å². The largest absolute Gasteiger partial charge is 0.491 e. The average Bonchev–Trinajstić information content (AvgIpc) is 3.14. The van der Waals surface area contributed by atoms with Gasteiger partial charge in [-0.25, -0.2) is 22.7 Å². The van der Waals surface area contributed by atoms with Crippen molar-refractivity contribution < 1.29 is 22.6 Å². The predicted molar refractivity (Wildman–Crippen MR) is 113 cm³/mol. The van der Waals surface area contributed by atoms with E-state index in [1.54, 1.807) is 12.4 Å². The highest BCUT2D eigenvalue weighted by Gasteiger charge is 2.37. The zero-order chi connectivity index (χ0) is 22.6. The highest BCUT2D eigenvalue weighted by Crippen LogP contribution is 2.37. The fourth-order valence-corrected chi connectivity index (χ4v) is 4.00. The summed E-state index contributed by atoms with van der Waals surface area (Å²) in [5.74, 6) is 0.483. The molecule has 1 atom stereocenters. The van der Waals surface area contributed by atoms with Gasteiger partial charge in [0.15, 0.2) is 17.2 Å². The van der Waals surface area contributed by atoms with Crippen molar-refractivity contribution in [2.24, 2.45) is 0 Å². The second-order valence-electron chi connectivity index (χ2n) is 8.62. The Morgan fingerprint density at radius 3 is 2.84 bits per heavy atom. The van der Waals surface area contributed by atoms with Gasteiger partial charge in [0.2, 0.25) is 0 Å². The average molecular weight is 445 g/mol. The van der Waals surface area contributed by atoms with Crippen molar-refractivity contribution in [2.75, 3.05) is 18.1 Å². The molecule has 10 heteroatoms. The van der Waals surface area contributed by atoms with Crippen LogP contribution in [0.2, 0.25) is 0 Å². The van der Waals surface area contributed by atoms with Gasteiger partial charge >= 0.3 is 0 Å². The van der Waals surface area contributed by atoms with E-state index in [2.05, 4.69) is 22.0 Å². The van der Waals surface area contributed by atoms with Gasteiger partial charge in [0.05, 0.1) is 23.5 Å². The summed E-state index contributed by atoms with van der Waals surface area (Å²) >= 11 is 0. The summed E-state index contributed by atoms with van der Waals surface area (Å²) < 4.78 is 55.2. The highest BCUT2D eigenvalue weighted by atomic mass is 19.3. The van der Waals surface area contributed by atoms with Crippen LogP contribution >= 0.6 is 0 Å². The van der Waals surface area contributed by atoms with Crippen molar-refractivity contribution in [2.45, 2.75) is 38.4 Å². The first-order valence-electron chi connectivity index (χ1n) is 10.2. The van der Waals surface area contributed by atoms with Crippen LogP contribution in [0.15, 0.2) is 37.2 Å². The molecule has 7 nitrogen and oxygen atoms in total. The van der Waals surface area contributed by atoms with Gasteiger partial charge in [-0.2, -0.15) is 5.10 Å². The van der Waals surface area contributed by atoms with Crippen LogP contribution in [0.3, 0.4) is 0 Å². The molecule has 0 spiro atoms. The van der Waals surface area contributed by atoms with Crippen molar-refractivity contribution in [3.05, 3.63) is 54.1 Å². The number of anilines is 1. The van der Waals surface area contributed by atoms with Crippen LogP contribution in [0.5, 0.6) is 11.5 Å². The predicted octanol–water partition coefficient (Wildman–Crippen LogP) is 3.63. The Morgan fingerprint density at radius 1 is 1.25 bits per heavy atom. The van der Waals surface area contributed by atoms with Crippen molar-refractivity contribution in [3.8, 4) is 11.5 Å². The topological polar surface area (TPSA) is 63.9 Å². The summed E-state index contributed by atoms with van der Waals surface area (Å²) in [6, 6.07) is 2.84. The van der Waals surface area contributed by atoms with E-state index in [-0.39, 0.29) is 25.6 Å². The lowest BCUT2D eigenvalue weighted by atomic mass is 10.1. The monoisotopic (exact) mass is 445 g/mol. The Hall–Kier alpha value is -3.43. The van der Waals surface area contributed by atoms with Gasteiger partial charge in [-0.05, 0) is 32.0 Å². The van der Waals surface area contributed by atoms with E-state index in [4.69, 9.17) is 9.47 Å². The molecule has 0 unspecified atom stereocenters. The number of hydrogen-bond acceptors (Lipinski definition) is 6. The van der Waals surface area contributed by atoms with Crippen LogP contribution in [-0.4, -0.2) is 45.8 Å². The van der Waals surface area contributed by atoms with E-state index < -0.39 is 23.8 Å². The van der Waals surface area contributed by atoms with Gasteiger partial charge < -0.3 is 19.7 Å². The minimum atomic E-state index is -2.70. The number of rotatable bonds is 1. The van der Waals surface area contributed by atoms with E-state index >= 15 is 0 Å². The molecule has 0 saturated heterocycles. The normalized spacial score (nSPS) is 20.0. The molecule has 2 aliphatic heterocycles. The van der Waals surface area contributed by atoms with Gasteiger partial charge in [-0.15, -0.1) is 0 Å². The smallest absolute Gasteiger partial charge is 0.261 e. The molecule has 2 aromatic heterocycles. The number of fused-ring (bicyclic) bond motifs is 1. The summed E-state index contributed by atoms with van der Waals surface area (Å²) in [5, 5.41) is 7.64. The van der Waals surface area contributed by atoms with Gasteiger partial charge in [0, 0.05) is 17.8 Å². The number of halogens is 3. The third kappa shape index (κ3) is 3.49. The number of hydrogen-bond donors (Lipinski definition) is 1. The maximum atomic E-state index is 14.1. The Balaban J connectivity index is 1.73. The zero-order valence-electron chi connectivity index (χ0n) is 17.6. The van der Waals surface area contributed by atoms with Crippen LogP contribution in [0.4, 0.5) is 19.0 Å². The third-order valence-electron chi connectivity index (χ3n) is 5.58. The summed E-state index contributed by atoms with van der Waals surface area (Å²) in [7, 11) is 0. The molecular formula is C22H22F3N5O2. The van der Waals surface area contributed by atoms with Crippen molar-refractivity contribution in [1.82, 2.24) is 19.9 Å². The van der Waals surface area contributed by atoms with Crippen LogP contribution in [-0.2, 0) is 6.54 Å². The lowest BCUT2D eigenvalue weighted by molar-refractivity contribution is 0.0766. The highest BCUT2D eigenvalue weighted by molar-refractivity contribution is 5.75. The lowest BCUT2D eigenvalue weighted by Crippen LogP contribution is -2.47. The number of aromatic nitrogens is 3. The lowest BCUT2D eigenvalue weighted by Gasteiger charge is -2.37. The second kappa shape index (κ2) is 7.32. The summed E-state index contributed by atoms with van der Waals surface area (Å²) in [6.45, 7) is 7.95. The summed E-state index contributed by atoms with van der Waals surface area (Å²) in [4.78, 5) is 6.09. The number of alkyl halides is 2. The SMILES string of the molecule is C=C1NC(C)(C)COc2ccc(F)cc2CN2c3nc4c1cnn4cc3OC[C@H]2C(F)F. The van der Waals surface area contributed by atoms with E-state index in [1.165, 1.54) is 27.6 Å². The van der Waals surface area contributed by atoms with E-state index in [0.717, 1.165) is 0 Å². The van der Waals surface area contributed by atoms with Gasteiger partial charge in [-0.3, -0.25) is 0 Å². The Morgan fingerprint density at radius 2 is 2.06 bits per heavy atom. The molecule has 168 valence electrons. The van der Waals surface area contributed by atoms with E-state index in [1.807, 2.05) is 13.8 Å². The Kier molecular flexibility index (Phi) is 4.68. The maximum absolute atomic E-state index is 14.1. The molecule has 4 heterocycles. The Labute approximate surface area is 182 Å². The summed E-state index contributed by atoms with van der Waals surface area (Å²) in [6.07, 6.45) is 0.519. The number of nitrogens with one attached hydrogen (secondary N) is 1. The zero-order valence-corrected chi connectivity index (χ0v) is 17.6. The van der Waals surface area contributed by atoms with E-state index in [0.29, 0.717) is 34.0 Å². The quantitative estimate of drug-likeness (QED) is 0.617. The number of benzene rings is 1. The molecule has 0 saturated carbocycles. The first kappa shape index (κ1) is 20.5. The molecule has 0 amide bonds. The molecule has 1 N–H and O–H groups in total. The molecule has 5 rings (SSSR count). The molecule has 2 aliphatic rings. The molecular weight excluding hydrogens is 423 g/mol. The van der Waals surface area contributed by atoms with Crippen LogP contribution in [0.1, 0.15) is 25.0 Å². The molecule has 0 radical (unpaired) electrons. The third-order valence-corrected chi connectivity index (χ3v) is 5.58. The molecule has 2 bridgehead atoms. The minimum Gasteiger partial charge on any atom is -0.491 e.